The Balaban J connectivity index is 1.93. The Morgan fingerprint density at radius 2 is 2.05 bits per heavy atom. The molecule has 0 aliphatic rings. The zero-order valence-electron chi connectivity index (χ0n) is 10.3. The fraction of sp³-hybridized carbons (Fsp3) is 0.0769. The van der Waals surface area contributed by atoms with E-state index in [1.165, 1.54) is 6.33 Å². The van der Waals surface area contributed by atoms with Crippen molar-refractivity contribution in [2.45, 2.75) is 6.42 Å². The van der Waals surface area contributed by atoms with Gasteiger partial charge in [-0.2, -0.15) is 15.2 Å². The molecule has 7 heteroatoms. The molecule has 2 N–H and O–H groups in total. The molecule has 1 aromatic carbocycles. The van der Waals surface area contributed by atoms with Crippen LogP contribution in [0.25, 0.3) is 11.2 Å². The van der Waals surface area contributed by atoms with Gasteiger partial charge in [0.25, 0.3) is 0 Å². The third kappa shape index (κ3) is 2.39. The quantitative estimate of drug-likeness (QED) is 0.722. The average molecular weight is 285 g/mol. The van der Waals surface area contributed by atoms with Crippen molar-refractivity contribution in [3.63, 3.8) is 0 Å². The molecule has 0 unspecified atom stereocenters. The van der Waals surface area contributed by atoms with Gasteiger partial charge >= 0.3 is 0 Å². The van der Waals surface area contributed by atoms with E-state index in [-0.39, 0.29) is 5.28 Å². The summed E-state index contributed by atoms with van der Waals surface area (Å²) in [5, 5.41) is 11.9. The molecule has 0 fully saturated rings. The molecule has 3 rings (SSSR count). The standard InChI is InChI=1S/C13H9ClN6/c14-13-19-11-10(16-7-17-11)12(20-13)18-9-3-1-8(2-4-9)5-6-15/h1-4,7H,5H2,(H2,16,17,18,19,20). The average Bonchev–Trinajstić information content (AvgIpc) is 2.89. The number of imidazole rings is 1. The SMILES string of the molecule is N#CCc1ccc(Nc2nc(Cl)nc3nc[nH]c23)cc1. The summed E-state index contributed by atoms with van der Waals surface area (Å²) in [7, 11) is 0. The van der Waals surface area contributed by atoms with Gasteiger partial charge < -0.3 is 10.3 Å². The van der Waals surface area contributed by atoms with Gasteiger partial charge in [-0.05, 0) is 29.3 Å². The predicted octanol–water partition coefficient (Wildman–Crippen LogP) is 2.82. The number of H-pyrrole nitrogens is 1. The maximum absolute atomic E-state index is 8.64. The fourth-order valence-corrected chi connectivity index (χ4v) is 2.00. The molecule has 0 saturated heterocycles. The first kappa shape index (κ1) is 12.4. The van der Waals surface area contributed by atoms with E-state index in [4.69, 9.17) is 16.9 Å². The van der Waals surface area contributed by atoms with Crippen LogP contribution in [0.15, 0.2) is 30.6 Å². The van der Waals surface area contributed by atoms with Crippen molar-refractivity contribution in [3.8, 4) is 6.07 Å². The molecule has 0 atom stereocenters. The second-order valence-electron chi connectivity index (χ2n) is 4.10. The van der Waals surface area contributed by atoms with Crippen molar-refractivity contribution in [3.05, 3.63) is 41.4 Å². The van der Waals surface area contributed by atoms with E-state index in [2.05, 4.69) is 31.3 Å². The monoisotopic (exact) mass is 284 g/mol. The van der Waals surface area contributed by atoms with Crippen LogP contribution < -0.4 is 5.32 Å². The number of nitrogens with zero attached hydrogens (tertiary/aromatic N) is 4. The van der Waals surface area contributed by atoms with Crippen LogP contribution in [-0.4, -0.2) is 19.9 Å². The van der Waals surface area contributed by atoms with Crippen LogP contribution in [0.4, 0.5) is 11.5 Å². The predicted molar refractivity (Wildman–Crippen MR) is 75.7 cm³/mol. The van der Waals surface area contributed by atoms with Gasteiger partial charge in [-0.1, -0.05) is 12.1 Å². The Bertz CT molecular complexity index is 787. The zero-order chi connectivity index (χ0) is 13.9. The minimum Gasteiger partial charge on any atom is -0.340 e. The number of hydrogen-bond donors (Lipinski definition) is 2. The van der Waals surface area contributed by atoms with Crippen LogP contribution in [0, 0.1) is 11.3 Å². The van der Waals surface area contributed by atoms with Crippen LogP contribution in [0.5, 0.6) is 0 Å². The van der Waals surface area contributed by atoms with Gasteiger partial charge in [-0.15, -0.1) is 0 Å². The molecule has 6 nitrogen and oxygen atoms in total. The van der Waals surface area contributed by atoms with Gasteiger partial charge in [0.2, 0.25) is 5.28 Å². The lowest BCUT2D eigenvalue weighted by atomic mass is 10.1. The van der Waals surface area contributed by atoms with E-state index in [1.54, 1.807) is 0 Å². The van der Waals surface area contributed by atoms with Gasteiger partial charge in [0.15, 0.2) is 11.5 Å². The Morgan fingerprint density at radius 3 is 2.80 bits per heavy atom. The number of halogens is 1. The highest BCUT2D eigenvalue weighted by Crippen LogP contribution is 2.22. The molecule has 20 heavy (non-hydrogen) atoms. The summed E-state index contributed by atoms with van der Waals surface area (Å²) in [6, 6.07) is 9.64. The van der Waals surface area contributed by atoms with Crippen LogP contribution in [0.3, 0.4) is 0 Å². The van der Waals surface area contributed by atoms with Crippen molar-refractivity contribution < 1.29 is 0 Å². The van der Waals surface area contributed by atoms with E-state index in [1.807, 2.05) is 24.3 Å². The van der Waals surface area contributed by atoms with E-state index < -0.39 is 0 Å². The summed E-state index contributed by atoms with van der Waals surface area (Å²) in [4.78, 5) is 15.2. The first-order valence-electron chi connectivity index (χ1n) is 5.86. The fourth-order valence-electron chi connectivity index (χ4n) is 1.83. The number of hydrogen-bond acceptors (Lipinski definition) is 5. The topological polar surface area (TPSA) is 90.3 Å². The molecule has 0 radical (unpaired) electrons. The Labute approximate surface area is 119 Å². The number of aromatic amines is 1. The van der Waals surface area contributed by atoms with Gasteiger partial charge in [0.1, 0.15) is 5.52 Å². The molecule has 2 heterocycles. The van der Waals surface area contributed by atoms with Crippen molar-refractivity contribution in [1.82, 2.24) is 19.9 Å². The number of anilines is 2. The van der Waals surface area contributed by atoms with Crippen LogP contribution >= 0.6 is 11.6 Å². The lowest BCUT2D eigenvalue weighted by Gasteiger charge is -2.07. The minimum absolute atomic E-state index is 0.133. The number of aromatic nitrogens is 4. The van der Waals surface area contributed by atoms with Gasteiger partial charge in [0.05, 0.1) is 18.8 Å². The lowest BCUT2D eigenvalue weighted by Crippen LogP contribution is -1.97. The largest absolute Gasteiger partial charge is 0.340 e. The Morgan fingerprint density at radius 1 is 1.25 bits per heavy atom. The maximum Gasteiger partial charge on any atom is 0.226 e. The molecule has 98 valence electrons. The number of fused-ring (bicyclic) bond motifs is 1. The molecular formula is C13H9ClN6. The molecular weight excluding hydrogens is 276 g/mol. The van der Waals surface area contributed by atoms with Crippen molar-refractivity contribution in [2.75, 3.05) is 5.32 Å². The number of benzene rings is 1. The van der Waals surface area contributed by atoms with Crippen LogP contribution in [-0.2, 0) is 6.42 Å². The molecule has 0 amide bonds. The Kier molecular flexibility index (Phi) is 3.19. The molecule has 0 aliphatic carbocycles. The highest BCUT2D eigenvalue weighted by molar-refractivity contribution is 6.28. The molecule has 0 aliphatic heterocycles. The lowest BCUT2D eigenvalue weighted by molar-refractivity contribution is 1.20. The normalized spacial score (nSPS) is 10.4. The summed E-state index contributed by atoms with van der Waals surface area (Å²) < 4.78 is 0. The molecule has 3 aromatic rings. The number of nitriles is 1. The van der Waals surface area contributed by atoms with E-state index >= 15 is 0 Å². The zero-order valence-corrected chi connectivity index (χ0v) is 11.0. The second kappa shape index (κ2) is 5.15. The van der Waals surface area contributed by atoms with Crippen LogP contribution in [0.1, 0.15) is 5.56 Å². The third-order valence-electron chi connectivity index (χ3n) is 2.76. The molecule has 0 bridgehead atoms. The first-order valence-corrected chi connectivity index (χ1v) is 6.23. The minimum atomic E-state index is 0.133. The molecule has 0 spiro atoms. The smallest absolute Gasteiger partial charge is 0.226 e. The van der Waals surface area contributed by atoms with Gasteiger partial charge in [0, 0.05) is 5.69 Å². The van der Waals surface area contributed by atoms with Crippen LogP contribution in [0.2, 0.25) is 5.28 Å². The molecule has 2 aromatic heterocycles. The van der Waals surface area contributed by atoms with E-state index in [0.29, 0.717) is 23.4 Å². The maximum atomic E-state index is 8.64. The highest BCUT2D eigenvalue weighted by Gasteiger charge is 2.09. The van der Waals surface area contributed by atoms with Gasteiger partial charge in [-0.25, -0.2) is 4.98 Å². The first-order chi connectivity index (χ1) is 9.76. The highest BCUT2D eigenvalue weighted by atomic mass is 35.5. The van der Waals surface area contributed by atoms with Gasteiger partial charge in [-0.3, -0.25) is 0 Å². The number of nitrogens with one attached hydrogen (secondary N) is 2. The Hall–Kier alpha value is -2.65. The summed E-state index contributed by atoms with van der Waals surface area (Å²) in [5.41, 5.74) is 3.01. The summed E-state index contributed by atoms with van der Waals surface area (Å²) in [6.07, 6.45) is 1.93. The van der Waals surface area contributed by atoms with Crippen molar-refractivity contribution >= 4 is 34.3 Å². The van der Waals surface area contributed by atoms with E-state index in [9.17, 15) is 0 Å². The third-order valence-corrected chi connectivity index (χ3v) is 2.93. The molecule has 0 saturated carbocycles. The second-order valence-corrected chi connectivity index (χ2v) is 4.44. The summed E-state index contributed by atoms with van der Waals surface area (Å²) >= 11 is 5.86. The van der Waals surface area contributed by atoms with Crippen molar-refractivity contribution in [1.29, 1.82) is 5.26 Å². The van der Waals surface area contributed by atoms with E-state index in [0.717, 1.165) is 11.3 Å². The van der Waals surface area contributed by atoms with Crippen molar-refractivity contribution in [2.24, 2.45) is 0 Å². The number of rotatable bonds is 3. The summed E-state index contributed by atoms with van der Waals surface area (Å²) in [6.45, 7) is 0. The summed E-state index contributed by atoms with van der Waals surface area (Å²) in [5.74, 6) is 0.561.